The zero-order valence-corrected chi connectivity index (χ0v) is 22.7. The molecule has 0 saturated carbocycles. The Bertz CT molecular complexity index is 1070. The van der Waals surface area contributed by atoms with E-state index in [2.05, 4.69) is 9.51 Å². The molecule has 11 nitrogen and oxygen atoms in total. The molecule has 0 unspecified atom stereocenters. The fourth-order valence-electron chi connectivity index (χ4n) is 3.21. The Morgan fingerprint density at radius 2 is 1.91 bits per heavy atom. The molecule has 4 rings (SSSR count). The fraction of sp³-hybridized carbons (Fsp3) is 0.278. The molecule has 0 radical (unpaired) electrons. The topological polar surface area (TPSA) is 144 Å². The van der Waals surface area contributed by atoms with Crippen LogP contribution >= 0.6 is 7.82 Å². The molecule has 0 aliphatic carbocycles. The van der Waals surface area contributed by atoms with Crippen molar-refractivity contribution in [1.29, 1.82) is 0 Å². The number of rotatable bonds is 6. The molecular weight excluding hydrogens is 482 g/mol. The first-order valence-electron chi connectivity index (χ1n) is 9.06. The van der Waals surface area contributed by atoms with Crippen LogP contribution in [0.4, 0.5) is 25.5 Å². The third kappa shape index (κ3) is 6.76. The summed E-state index contributed by atoms with van der Waals surface area (Å²) in [5.74, 6) is -0.249. The summed E-state index contributed by atoms with van der Waals surface area (Å²) < 4.78 is 39.2. The number of phosphoric acid groups is 1. The molecule has 0 N–H and O–H groups in total. The minimum Gasteiger partial charge on any atom is -0.790 e. The molecule has 1 aromatic heterocycles. The number of aromatic nitrogens is 1. The zero-order valence-electron chi connectivity index (χ0n) is 17.8. The van der Waals surface area contributed by atoms with Crippen LogP contribution in [-0.4, -0.2) is 49.6 Å². The number of cyclic esters (lactones) is 2. The Labute approximate surface area is 232 Å². The van der Waals surface area contributed by atoms with Gasteiger partial charge in [0.1, 0.15) is 24.3 Å². The first kappa shape index (κ1) is 28.2. The number of carbonyl (C=O) groups excluding carboxylic acids is 2. The summed E-state index contributed by atoms with van der Waals surface area (Å²) in [6.45, 7) is -0.0692. The van der Waals surface area contributed by atoms with Gasteiger partial charge in [0.05, 0.1) is 33.2 Å². The second-order valence-electron chi connectivity index (χ2n) is 6.69. The van der Waals surface area contributed by atoms with E-state index >= 15 is 0 Å². The van der Waals surface area contributed by atoms with Crippen LogP contribution in [0.25, 0.3) is 11.1 Å². The predicted octanol–water partition coefficient (Wildman–Crippen LogP) is -4.98. The molecule has 0 bridgehead atoms. The van der Waals surface area contributed by atoms with Gasteiger partial charge in [-0.2, -0.15) is 0 Å². The molecule has 2 aliphatic heterocycles. The van der Waals surface area contributed by atoms with Crippen molar-refractivity contribution in [1.82, 2.24) is 4.98 Å². The molecule has 2 amide bonds. The van der Waals surface area contributed by atoms with E-state index in [1.54, 1.807) is 12.1 Å². The number of anilines is 2. The van der Waals surface area contributed by atoms with E-state index < -0.39 is 38.5 Å². The van der Waals surface area contributed by atoms with Gasteiger partial charge >= 0.3 is 71.3 Å². The molecule has 1 aromatic carbocycles. The molecule has 2 fully saturated rings. The van der Waals surface area contributed by atoms with Crippen LogP contribution in [0.15, 0.2) is 36.5 Å². The van der Waals surface area contributed by atoms with Crippen LogP contribution in [0.3, 0.4) is 0 Å². The third-order valence-corrected chi connectivity index (χ3v) is 5.12. The van der Waals surface area contributed by atoms with Crippen LogP contribution in [-0.2, 0) is 18.6 Å². The van der Waals surface area contributed by atoms with Gasteiger partial charge in [0.2, 0.25) is 0 Å². The number of hydrogen-bond acceptors (Lipinski definition) is 9. The minimum atomic E-state index is -5.20. The van der Waals surface area contributed by atoms with Gasteiger partial charge in [0.25, 0.3) is 0 Å². The van der Waals surface area contributed by atoms with Gasteiger partial charge in [-0.1, -0.05) is 0 Å². The van der Waals surface area contributed by atoms with Crippen molar-refractivity contribution >= 4 is 31.5 Å². The third-order valence-electron chi connectivity index (χ3n) is 4.65. The summed E-state index contributed by atoms with van der Waals surface area (Å²) in [4.78, 5) is 51.4. The van der Waals surface area contributed by atoms with E-state index in [1.165, 1.54) is 23.2 Å². The van der Waals surface area contributed by atoms with Gasteiger partial charge in [-0.25, -0.2) is 19.0 Å². The van der Waals surface area contributed by atoms with Gasteiger partial charge in [-0.15, -0.1) is 0 Å². The summed E-state index contributed by atoms with van der Waals surface area (Å²) in [6.07, 6.45) is -0.887. The quantitative estimate of drug-likeness (QED) is 0.283. The van der Waals surface area contributed by atoms with Gasteiger partial charge in [0, 0.05) is 17.3 Å². The predicted molar refractivity (Wildman–Crippen MR) is 99.5 cm³/mol. The Hall–Kier alpha value is -1.05. The molecule has 15 heteroatoms. The van der Waals surface area contributed by atoms with E-state index in [0.717, 1.165) is 11.0 Å². The van der Waals surface area contributed by atoms with Crippen molar-refractivity contribution in [2.45, 2.75) is 6.10 Å². The van der Waals surface area contributed by atoms with Crippen molar-refractivity contribution in [2.75, 3.05) is 36.1 Å². The standard InChI is InChI=1S/C18H17FN3O8P.2Na/c19-15-7-12(22-9-13(30-18(22)24)10-29-31(25,26)27)2-3-14(15)11-1-4-16(20-8-11)21-5-6-28-17(21)23;;/h1-4,7-8,13H,5-6,9-10H2,(H2,25,26,27);;/q;2*+1/p-2/t13-;;/m1../s1. The van der Waals surface area contributed by atoms with Gasteiger partial charge < -0.3 is 28.3 Å². The summed E-state index contributed by atoms with van der Waals surface area (Å²) in [5.41, 5.74) is 0.862. The maximum Gasteiger partial charge on any atom is 1.00 e. The normalized spacial score (nSPS) is 17.8. The maximum absolute atomic E-state index is 14.7. The Morgan fingerprint density at radius 1 is 1.15 bits per heavy atom. The second-order valence-corrected chi connectivity index (χ2v) is 7.85. The first-order valence-corrected chi connectivity index (χ1v) is 10.5. The van der Waals surface area contributed by atoms with Gasteiger partial charge in [-0.3, -0.25) is 9.80 Å². The average Bonchev–Trinajstić information content (AvgIpc) is 3.31. The maximum atomic E-state index is 14.7. The van der Waals surface area contributed by atoms with Crippen LogP contribution in [0.2, 0.25) is 0 Å². The molecule has 2 aliphatic rings. The Kier molecular flexibility index (Phi) is 9.90. The van der Waals surface area contributed by atoms with E-state index in [0.29, 0.717) is 17.9 Å². The van der Waals surface area contributed by atoms with E-state index in [-0.39, 0.29) is 83.5 Å². The molecule has 0 spiro atoms. The summed E-state index contributed by atoms with van der Waals surface area (Å²) in [6, 6.07) is 7.24. The van der Waals surface area contributed by atoms with E-state index in [4.69, 9.17) is 9.47 Å². The number of phosphoric ester groups is 1. The molecule has 164 valence electrons. The van der Waals surface area contributed by atoms with E-state index in [1.807, 2.05) is 0 Å². The van der Waals surface area contributed by atoms with Crippen LogP contribution in [0.1, 0.15) is 0 Å². The smallest absolute Gasteiger partial charge is 0.790 e. The van der Waals surface area contributed by atoms with Crippen LogP contribution in [0, 0.1) is 5.82 Å². The fourth-order valence-corrected chi connectivity index (χ4v) is 3.56. The number of pyridine rings is 1. The number of halogens is 1. The zero-order chi connectivity index (χ0) is 22.2. The van der Waals surface area contributed by atoms with Crippen molar-refractivity contribution in [3.05, 3.63) is 42.3 Å². The van der Waals surface area contributed by atoms with E-state index in [9.17, 15) is 28.3 Å². The average molecular weight is 497 g/mol. The molecule has 3 heterocycles. The van der Waals surface area contributed by atoms with Crippen molar-refractivity contribution in [3.8, 4) is 11.1 Å². The SMILES string of the molecule is O=C1O[C@@H](COP(=O)([O-])[O-])CN1c1ccc(-c2ccc(N3CCOC3=O)nc2)c(F)c1.[Na+].[Na+]. The molecule has 1 atom stereocenters. The van der Waals surface area contributed by atoms with Crippen molar-refractivity contribution < 1.29 is 101 Å². The first-order chi connectivity index (χ1) is 14.7. The number of benzene rings is 1. The number of nitrogens with zero attached hydrogens (tertiary/aromatic N) is 3. The van der Waals surface area contributed by atoms with Crippen molar-refractivity contribution in [2.24, 2.45) is 0 Å². The summed E-state index contributed by atoms with van der Waals surface area (Å²) in [7, 11) is -5.20. The summed E-state index contributed by atoms with van der Waals surface area (Å²) in [5, 5.41) is 0. The molecule has 2 saturated heterocycles. The molecule has 2 aromatic rings. The number of hydrogen-bond donors (Lipinski definition) is 0. The minimum absolute atomic E-state index is 0. The molecular formula is C18H15FN3Na2O8P. The van der Waals surface area contributed by atoms with Gasteiger partial charge in [0.15, 0.2) is 0 Å². The van der Waals surface area contributed by atoms with Gasteiger partial charge in [-0.05, 0) is 30.3 Å². The Balaban J connectivity index is 0.00000193. The van der Waals surface area contributed by atoms with Crippen LogP contribution < -0.4 is 78.7 Å². The Morgan fingerprint density at radius 3 is 2.48 bits per heavy atom. The van der Waals surface area contributed by atoms with Crippen LogP contribution in [0.5, 0.6) is 0 Å². The monoisotopic (exact) mass is 497 g/mol. The number of carbonyl (C=O) groups is 2. The second kappa shape index (κ2) is 11.6. The van der Waals surface area contributed by atoms with Crippen molar-refractivity contribution in [3.63, 3.8) is 0 Å². The largest absolute Gasteiger partial charge is 1.00 e. The summed E-state index contributed by atoms with van der Waals surface area (Å²) >= 11 is 0. The molecule has 33 heavy (non-hydrogen) atoms. The number of amides is 2. The number of ether oxygens (including phenoxy) is 2.